The lowest BCUT2D eigenvalue weighted by Crippen LogP contribution is -2.36. The first-order valence-corrected chi connectivity index (χ1v) is 5.38. The largest absolute Gasteiger partial charge is 0.480 e. The zero-order chi connectivity index (χ0) is 13.9. The van der Waals surface area contributed by atoms with Crippen molar-refractivity contribution in [3.8, 4) is 0 Å². The Hall–Kier alpha value is -1.56. The molecule has 0 radical (unpaired) electrons. The highest BCUT2D eigenvalue weighted by atomic mass is 19.4. The molecule has 1 aromatic rings. The van der Waals surface area contributed by atoms with Crippen molar-refractivity contribution in [3.05, 3.63) is 35.4 Å². The molecule has 0 fully saturated rings. The van der Waals surface area contributed by atoms with Crippen molar-refractivity contribution in [2.45, 2.75) is 32.1 Å². The molecule has 1 rings (SSSR count). The number of nitrogens with one attached hydrogen (secondary N) is 1. The standard InChI is InChI=1S/C12H14F3NO2/c1-7(16-8(2)11(17)18)9-5-3-4-6-10(9)12(13,14)15/h3-8,16H,1-2H3,(H,17,18). The van der Waals surface area contributed by atoms with E-state index in [1.165, 1.54) is 32.0 Å². The number of carbonyl (C=O) groups is 1. The molecule has 100 valence electrons. The van der Waals surface area contributed by atoms with E-state index in [2.05, 4.69) is 5.32 Å². The molecule has 2 unspecified atom stereocenters. The summed E-state index contributed by atoms with van der Waals surface area (Å²) in [5, 5.41) is 11.3. The van der Waals surface area contributed by atoms with E-state index in [0.717, 1.165) is 6.07 Å². The fourth-order valence-corrected chi connectivity index (χ4v) is 1.67. The molecule has 0 heterocycles. The molecular weight excluding hydrogens is 247 g/mol. The monoisotopic (exact) mass is 261 g/mol. The van der Waals surface area contributed by atoms with Gasteiger partial charge in [0, 0.05) is 6.04 Å². The SMILES string of the molecule is CC(NC(C)c1ccccc1C(F)(F)F)C(=O)O. The molecule has 0 aromatic heterocycles. The van der Waals surface area contributed by atoms with E-state index in [-0.39, 0.29) is 5.56 Å². The van der Waals surface area contributed by atoms with Gasteiger partial charge in [-0.2, -0.15) is 13.2 Å². The van der Waals surface area contributed by atoms with E-state index in [9.17, 15) is 18.0 Å². The summed E-state index contributed by atoms with van der Waals surface area (Å²) in [4.78, 5) is 10.7. The summed E-state index contributed by atoms with van der Waals surface area (Å²) in [7, 11) is 0. The molecule has 3 nitrogen and oxygen atoms in total. The Kier molecular flexibility index (Phi) is 4.34. The summed E-state index contributed by atoms with van der Waals surface area (Å²) in [6.07, 6.45) is -4.45. The minimum absolute atomic E-state index is 0.0399. The van der Waals surface area contributed by atoms with Crippen LogP contribution in [0.4, 0.5) is 13.2 Å². The minimum atomic E-state index is -4.45. The minimum Gasteiger partial charge on any atom is -0.480 e. The van der Waals surface area contributed by atoms with Crippen LogP contribution in [0.5, 0.6) is 0 Å². The van der Waals surface area contributed by atoms with Crippen LogP contribution < -0.4 is 5.32 Å². The summed E-state index contributed by atoms with van der Waals surface area (Å²) in [5.41, 5.74) is -0.708. The molecule has 0 aliphatic carbocycles. The second-order valence-electron chi connectivity index (χ2n) is 4.03. The van der Waals surface area contributed by atoms with Crippen LogP contribution in [0.2, 0.25) is 0 Å². The van der Waals surface area contributed by atoms with Crippen molar-refractivity contribution in [2.24, 2.45) is 0 Å². The maximum atomic E-state index is 12.8. The Labute approximate surface area is 103 Å². The van der Waals surface area contributed by atoms with Gasteiger partial charge in [-0.25, -0.2) is 0 Å². The fourth-order valence-electron chi connectivity index (χ4n) is 1.67. The average Bonchev–Trinajstić information content (AvgIpc) is 2.27. The molecule has 1 aromatic carbocycles. The van der Waals surface area contributed by atoms with Crippen molar-refractivity contribution in [2.75, 3.05) is 0 Å². The van der Waals surface area contributed by atoms with E-state index in [1.54, 1.807) is 0 Å². The number of carboxylic acids is 1. The molecule has 0 amide bonds. The third-order valence-electron chi connectivity index (χ3n) is 2.60. The van der Waals surface area contributed by atoms with E-state index in [0.29, 0.717) is 0 Å². The molecule has 0 spiro atoms. The number of rotatable bonds is 4. The average molecular weight is 261 g/mol. The van der Waals surface area contributed by atoms with Crippen LogP contribution in [-0.4, -0.2) is 17.1 Å². The van der Waals surface area contributed by atoms with Gasteiger partial charge in [-0.3, -0.25) is 10.1 Å². The number of aliphatic carboxylic acids is 1. The maximum absolute atomic E-state index is 12.8. The van der Waals surface area contributed by atoms with Crippen LogP contribution >= 0.6 is 0 Å². The lowest BCUT2D eigenvalue weighted by molar-refractivity contribution is -0.139. The van der Waals surface area contributed by atoms with Gasteiger partial charge in [-0.1, -0.05) is 18.2 Å². The number of hydrogen-bond donors (Lipinski definition) is 2. The molecule has 0 saturated carbocycles. The van der Waals surface area contributed by atoms with E-state index in [4.69, 9.17) is 5.11 Å². The molecule has 0 saturated heterocycles. The second kappa shape index (κ2) is 5.39. The van der Waals surface area contributed by atoms with Crippen molar-refractivity contribution < 1.29 is 23.1 Å². The molecular formula is C12H14F3NO2. The second-order valence-corrected chi connectivity index (χ2v) is 4.03. The normalized spacial score (nSPS) is 15.2. The van der Waals surface area contributed by atoms with Gasteiger partial charge in [0.15, 0.2) is 0 Å². The zero-order valence-electron chi connectivity index (χ0n) is 9.95. The Bertz CT molecular complexity index is 432. The number of benzene rings is 1. The molecule has 6 heteroatoms. The smallest absolute Gasteiger partial charge is 0.416 e. The van der Waals surface area contributed by atoms with Gasteiger partial charge in [0.05, 0.1) is 5.56 Å². The predicted molar refractivity (Wildman–Crippen MR) is 60.1 cm³/mol. The molecule has 2 atom stereocenters. The Morgan fingerprint density at radius 1 is 1.28 bits per heavy atom. The third kappa shape index (κ3) is 3.46. The highest BCUT2D eigenvalue weighted by Crippen LogP contribution is 2.34. The van der Waals surface area contributed by atoms with Gasteiger partial charge in [-0.05, 0) is 25.5 Å². The van der Waals surface area contributed by atoms with Crippen LogP contribution in [-0.2, 0) is 11.0 Å². The van der Waals surface area contributed by atoms with Gasteiger partial charge in [0.2, 0.25) is 0 Å². The topological polar surface area (TPSA) is 49.3 Å². The van der Waals surface area contributed by atoms with Crippen LogP contribution in [0.3, 0.4) is 0 Å². The van der Waals surface area contributed by atoms with E-state index in [1.807, 2.05) is 0 Å². The molecule has 0 aliphatic rings. The molecule has 0 bridgehead atoms. The first-order valence-electron chi connectivity index (χ1n) is 5.38. The van der Waals surface area contributed by atoms with Crippen molar-refractivity contribution in [3.63, 3.8) is 0 Å². The van der Waals surface area contributed by atoms with Gasteiger partial charge in [0.25, 0.3) is 0 Å². The first-order chi connectivity index (χ1) is 8.23. The maximum Gasteiger partial charge on any atom is 0.416 e. The zero-order valence-corrected chi connectivity index (χ0v) is 9.95. The predicted octanol–water partition coefficient (Wildman–Crippen LogP) is 2.83. The van der Waals surface area contributed by atoms with Gasteiger partial charge >= 0.3 is 12.1 Å². The molecule has 0 aliphatic heterocycles. The van der Waals surface area contributed by atoms with Crippen LogP contribution in [0.25, 0.3) is 0 Å². The summed E-state index contributed by atoms with van der Waals surface area (Å²) < 4.78 is 38.3. The highest BCUT2D eigenvalue weighted by molar-refractivity contribution is 5.72. The Balaban J connectivity index is 2.99. The van der Waals surface area contributed by atoms with Crippen LogP contribution in [0, 0.1) is 0 Å². The van der Waals surface area contributed by atoms with E-state index >= 15 is 0 Å². The van der Waals surface area contributed by atoms with Crippen LogP contribution in [0.1, 0.15) is 31.0 Å². The quantitative estimate of drug-likeness (QED) is 0.876. The highest BCUT2D eigenvalue weighted by Gasteiger charge is 2.34. The van der Waals surface area contributed by atoms with Gasteiger partial charge in [0.1, 0.15) is 6.04 Å². The Morgan fingerprint density at radius 3 is 2.33 bits per heavy atom. The Morgan fingerprint density at radius 2 is 1.83 bits per heavy atom. The number of halogens is 3. The summed E-state index contributed by atoms with van der Waals surface area (Å²) in [6.45, 7) is 2.89. The van der Waals surface area contributed by atoms with E-state index < -0.39 is 29.8 Å². The lowest BCUT2D eigenvalue weighted by atomic mass is 10.0. The van der Waals surface area contributed by atoms with Crippen molar-refractivity contribution in [1.82, 2.24) is 5.32 Å². The fraction of sp³-hybridized carbons (Fsp3) is 0.417. The van der Waals surface area contributed by atoms with Gasteiger partial charge in [-0.15, -0.1) is 0 Å². The number of carboxylic acid groups (broad SMARTS) is 1. The lowest BCUT2D eigenvalue weighted by Gasteiger charge is -2.21. The summed E-state index contributed by atoms with van der Waals surface area (Å²) >= 11 is 0. The summed E-state index contributed by atoms with van der Waals surface area (Å²) in [5.74, 6) is -1.11. The number of alkyl halides is 3. The van der Waals surface area contributed by atoms with Crippen LogP contribution in [0.15, 0.2) is 24.3 Å². The number of hydrogen-bond acceptors (Lipinski definition) is 2. The van der Waals surface area contributed by atoms with Gasteiger partial charge < -0.3 is 5.11 Å². The summed E-state index contributed by atoms with van der Waals surface area (Å²) in [6, 6.07) is 3.51. The third-order valence-corrected chi connectivity index (χ3v) is 2.60. The molecule has 2 N–H and O–H groups in total. The van der Waals surface area contributed by atoms with Crippen molar-refractivity contribution in [1.29, 1.82) is 0 Å². The first kappa shape index (κ1) is 14.5. The molecule has 18 heavy (non-hydrogen) atoms. The van der Waals surface area contributed by atoms with Crippen molar-refractivity contribution >= 4 is 5.97 Å².